The third-order valence-electron chi connectivity index (χ3n) is 4.30. The summed E-state index contributed by atoms with van der Waals surface area (Å²) in [6.07, 6.45) is 4.02. The average Bonchev–Trinajstić information content (AvgIpc) is 2.44. The Balaban J connectivity index is 2.58. The molecule has 1 amide bonds. The summed E-state index contributed by atoms with van der Waals surface area (Å²) in [5.41, 5.74) is 4.69. The second-order valence-electron chi connectivity index (χ2n) is 5.51. The van der Waals surface area contributed by atoms with Crippen LogP contribution in [0, 0.1) is 5.41 Å². The van der Waals surface area contributed by atoms with E-state index in [9.17, 15) is 4.79 Å². The summed E-state index contributed by atoms with van der Waals surface area (Å²) in [5, 5.41) is 14.7. The van der Waals surface area contributed by atoms with Crippen molar-refractivity contribution in [1.82, 2.24) is 10.2 Å². The van der Waals surface area contributed by atoms with Crippen LogP contribution in [0.25, 0.3) is 0 Å². The van der Waals surface area contributed by atoms with Crippen LogP contribution in [0.3, 0.4) is 0 Å². The summed E-state index contributed by atoms with van der Waals surface area (Å²) in [6.45, 7) is 5.24. The van der Waals surface area contributed by atoms with Gasteiger partial charge in [-0.2, -0.15) is 0 Å². The van der Waals surface area contributed by atoms with E-state index >= 15 is 0 Å². The summed E-state index contributed by atoms with van der Waals surface area (Å²) in [7, 11) is 2.08. The molecular weight excluding hydrogens is 244 g/mol. The summed E-state index contributed by atoms with van der Waals surface area (Å²) in [6, 6.07) is 0.381. The fourth-order valence-corrected chi connectivity index (χ4v) is 2.38. The van der Waals surface area contributed by atoms with Gasteiger partial charge in [0.05, 0.1) is 0 Å². The summed E-state index contributed by atoms with van der Waals surface area (Å²) in [4.78, 5) is 14.5. The first-order chi connectivity index (χ1) is 8.95. The number of amides is 1. The van der Waals surface area contributed by atoms with Gasteiger partial charge in [0.15, 0.2) is 5.84 Å². The quantitative estimate of drug-likeness (QED) is 0.297. The van der Waals surface area contributed by atoms with E-state index in [1.54, 1.807) is 6.92 Å². The molecule has 0 aromatic rings. The molecule has 0 bridgehead atoms. The zero-order valence-electron chi connectivity index (χ0n) is 12.1. The third kappa shape index (κ3) is 3.59. The maximum Gasteiger partial charge on any atom is 0.233 e. The zero-order valence-corrected chi connectivity index (χ0v) is 12.1. The molecule has 0 radical (unpaired) electrons. The van der Waals surface area contributed by atoms with Crippen LogP contribution < -0.4 is 11.1 Å². The first kappa shape index (κ1) is 15.8. The predicted octanol–water partition coefficient (Wildman–Crippen LogP) is 0.750. The van der Waals surface area contributed by atoms with E-state index in [0.29, 0.717) is 19.0 Å². The number of carbonyl (C=O) groups excluding carboxylic acids is 1. The minimum Gasteiger partial charge on any atom is -0.409 e. The number of hydrogen-bond donors (Lipinski definition) is 3. The van der Waals surface area contributed by atoms with E-state index in [0.717, 1.165) is 13.0 Å². The van der Waals surface area contributed by atoms with E-state index in [1.165, 1.54) is 12.8 Å². The van der Waals surface area contributed by atoms with Gasteiger partial charge >= 0.3 is 0 Å². The Bertz CT molecular complexity index is 346. The number of hydrogen-bond acceptors (Lipinski definition) is 4. The van der Waals surface area contributed by atoms with Crippen molar-refractivity contribution in [3.63, 3.8) is 0 Å². The topological polar surface area (TPSA) is 91.0 Å². The molecular formula is C13H26N4O2. The molecule has 0 spiro atoms. The number of likely N-dealkylation sites (tertiary alicyclic amines) is 1. The smallest absolute Gasteiger partial charge is 0.233 e. The molecule has 110 valence electrons. The molecule has 1 aliphatic heterocycles. The summed E-state index contributed by atoms with van der Waals surface area (Å²) in [5.74, 6) is -0.214. The normalized spacial score (nSPS) is 24.8. The minimum absolute atomic E-state index is 0.0375. The number of carbonyl (C=O) groups is 1. The standard InChI is InChI=1S/C13H26N4O2/c1-4-13(2,11(14)16-19)12(18)15-9-10-7-5-6-8-17(10)3/h10,19H,4-9H2,1-3H3,(H2,14,16)(H,15,18). The molecule has 0 aromatic carbocycles. The van der Waals surface area contributed by atoms with Gasteiger partial charge in [0.1, 0.15) is 5.41 Å². The fraction of sp³-hybridized carbons (Fsp3) is 0.846. The molecule has 1 fully saturated rings. The van der Waals surface area contributed by atoms with Crippen LogP contribution in [0.15, 0.2) is 5.16 Å². The molecule has 4 N–H and O–H groups in total. The lowest BCUT2D eigenvalue weighted by Gasteiger charge is -2.34. The van der Waals surface area contributed by atoms with Crippen molar-refractivity contribution in [3.8, 4) is 0 Å². The zero-order chi connectivity index (χ0) is 14.5. The maximum absolute atomic E-state index is 12.2. The lowest BCUT2D eigenvalue weighted by atomic mass is 9.85. The summed E-state index contributed by atoms with van der Waals surface area (Å²) < 4.78 is 0. The van der Waals surface area contributed by atoms with Gasteiger partial charge in [0.25, 0.3) is 0 Å². The number of nitrogens with one attached hydrogen (secondary N) is 1. The monoisotopic (exact) mass is 270 g/mol. The molecule has 2 atom stereocenters. The molecule has 6 nitrogen and oxygen atoms in total. The molecule has 1 aliphatic rings. The van der Waals surface area contributed by atoms with Gasteiger partial charge in [-0.25, -0.2) is 0 Å². The minimum atomic E-state index is -0.942. The molecule has 1 rings (SSSR count). The highest BCUT2D eigenvalue weighted by Gasteiger charge is 2.36. The van der Waals surface area contributed by atoms with Gasteiger partial charge in [-0.05, 0) is 39.8 Å². The van der Waals surface area contributed by atoms with E-state index < -0.39 is 5.41 Å². The van der Waals surface area contributed by atoms with Crippen LogP contribution in [0.2, 0.25) is 0 Å². The second-order valence-corrected chi connectivity index (χ2v) is 5.51. The van der Waals surface area contributed by atoms with Crippen LogP contribution in [0.5, 0.6) is 0 Å². The van der Waals surface area contributed by atoms with Crippen LogP contribution in [0.1, 0.15) is 39.5 Å². The van der Waals surface area contributed by atoms with Gasteiger partial charge in [-0.3, -0.25) is 4.79 Å². The molecule has 2 unspecified atom stereocenters. The number of nitrogens with zero attached hydrogens (tertiary/aromatic N) is 2. The number of nitrogens with two attached hydrogens (primary N) is 1. The number of oxime groups is 1. The van der Waals surface area contributed by atoms with Gasteiger partial charge in [0, 0.05) is 12.6 Å². The fourth-order valence-electron chi connectivity index (χ4n) is 2.38. The van der Waals surface area contributed by atoms with Crippen molar-refractivity contribution in [2.24, 2.45) is 16.3 Å². The molecule has 1 heterocycles. The molecule has 6 heteroatoms. The van der Waals surface area contributed by atoms with E-state index in [2.05, 4.69) is 22.4 Å². The second kappa shape index (κ2) is 6.75. The van der Waals surface area contributed by atoms with Crippen LogP contribution in [0.4, 0.5) is 0 Å². The lowest BCUT2D eigenvalue weighted by Crippen LogP contribution is -2.51. The highest BCUT2D eigenvalue weighted by Crippen LogP contribution is 2.22. The molecule has 0 aromatic heterocycles. The third-order valence-corrected chi connectivity index (χ3v) is 4.30. The Kier molecular flexibility index (Phi) is 5.60. The molecule has 0 saturated carbocycles. The van der Waals surface area contributed by atoms with Gasteiger partial charge in [-0.15, -0.1) is 0 Å². The Morgan fingerprint density at radius 1 is 1.58 bits per heavy atom. The van der Waals surface area contributed by atoms with Crippen LogP contribution in [-0.4, -0.2) is 48.0 Å². The van der Waals surface area contributed by atoms with Gasteiger partial charge in [-0.1, -0.05) is 18.5 Å². The molecule has 19 heavy (non-hydrogen) atoms. The Labute approximate surface area is 115 Å². The lowest BCUT2D eigenvalue weighted by molar-refractivity contribution is -0.127. The van der Waals surface area contributed by atoms with Crippen molar-refractivity contribution in [1.29, 1.82) is 0 Å². The Hall–Kier alpha value is -1.30. The van der Waals surface area contributed by atoms with Gasteiger partial charge < -0.3 is 21.2 Å². The predicted molar refractivity (Wildman–Crippen MR) is 75.1 cm³/mol. The van der Waals surface area contributed by atoms with Crippen LogP contribution >= 0.6 is 0 Å². The van der Waals surface area contributed by atoms with Crippen molar-refractivity contribution in [3.05, 3.63) is 0 Å². The van der Waals surface area contributed by atoms with Crippen molar-refractivity contribution < 1.29 is 10.0 Å². The highest BCUT2D eigenvalue weighted by atomic mass is 16.4. The van der Waals surface area contributed by atoms with Crippen molar-refractivity contribution in [2.45, 2.75) is 45.6 Å². The first-order valence-electron chi connectivity index (χ1n) is 6.92. The highest BCUT2D eigenvalue weighted by molar-refractivity contribution is 6.06. The summed E-state index contributed by atoms with van der Waals surface area (Å²) >= 11 is 0. The molecule has 1 saturated heterocycles. The van der Waals surface area contributed by atoms with E-state index in [4.69, 9.17) is 10.9 Å². The SMILES string of the molecule is CCC(C)(C(=O)NCC1CCCCN1C)C(N)=NO. The largest absolute Gasteiger partial charge is 0.409 e. The van der Waals surface area contributed by atoms with E-state index in [-0.39, 0.29) is 11.7 Å². The van der Waals surface area contributed by atoms with Crippen molar-refractivity contribution >= 4 is 11.7 Å². The Morgan fingerprint density at radius 3 is 2.79 bits per heavy atom. The number of amidine groups is 1. The maximum atomic E-state index is 12.2. The van der Waals surface area contributed by atoms with E-state index in [1.807, 2.05) is 6.92 Å². The van der Waals surface area contributed by atoms with Crippen LogP contribution in [-0.2, 0) is 4.79 Å². The number of likely N-dealkylation sites (N-methyl/N-ethyl adjacent to an activating group) is 1. The Morgan fingerprint density at radius 2 is 2.26 bits per heavy atom. The first-order valence-corrected chi connectivity index (χ1v) is 6.92. The number of piperidine rings is 1. The number of rotatable bonds is 5. The van der Waals surface area contributed by atoms with Gasteiger partial charge in [0.2, 0.25) is 5.91 Å². The van der Waals surface area contributed by atoms with Crippen molar-refractivity contribution in [2.75, 3.05) is 20.1 Å². The average molecular weight is 270 g/mol. The molecule has 0 aliphatic carbocycles.